The Morgan fingerprint density at radius 2 is 1.78 bits per heavy atom. The fourth-order valence-corrected chi connectivity index (χ4v) is 2.93. The SMILES string of the molecule is CCC(C)CCC(CC(C)C)C(=O)NC(C)C.COc1ncc(C)cc1C. The second kappa shape index (κ2) is 13.6. The molecule has 0 saturated heterocycles. The molecule has 1 aromatic rings. The molecule has 1 N–H and O–H groups in total. The van der Waals surface area contributed by atoms with Gasteiger partial charge >= 0.3 is 0 Å². The van der Waals surface area contributed by atoms with E-state index < -0.39 is 0 Å². The zero-order chi connectivity index (χ0) is 21.0. The minimum absolute atomic E-state index is 0.200. The number of aromatic nitrogens is 1. The van der Waals surface area contributed by atoms with Crippen LogP contribution in [0.4, 0.5) is 0 Å². The van der Waals surface area contributed by atoms with Crippen molar-refractivity contribution in [1.29, 1.82) is 0 Å². The molecule has 1 heterocycles. The van der Waals surface area contributed by atoms with Crippen molar-refractivity contribution < 1.29 is 9.53 Å². The number of ether oxygens (including phenoxy) is 1. The van der Waals surface area contributed by atoms with Gasteiger partial charge < -0.3 is 10.1 Å². The van der Waals surface area contributed by atoms with Gasteiger partial charge in [0.25, 0.3) is 0 Å². The molecule has 27 heavy (non-hydrogen) atoms. The van der Waals surface area contributed by atoms with Crippen LogP contribution in [-0.4, -0.2) is 24.0 Å². The average Bonchev–Trinajstić information content (AvgIpc) is 2.58. The topological polar surface area (TPSA) is 51.2 Å². The molecule has 2 atom stereocenters. The van der Waals surface area contributed by atoms with Gasteiger partial charge in [-0.1, -0.05) is 34.1 Å². The Hall–Kier alpha value is -1.58. The van der Waals surface area contributed by atoms with Crippen LogP contribution >= 0.6 is 0 Å². The van der Waals surface area contributed by atoms with Crippen molar-refractivity contribution in [3.8, 4) is 5.88 Å². The highest BCUT2D eigenvalue weighted by Crippen LogP contribution is 2.21. The van der Waals surface area contributed by atoms with E-state index in [4.69, 9.17) is 4.74 Å². The summed E-state index contributed by atoms with van der Waals surface area (Å²) >= 11 is 0. The summed E-state index contributed by atoms with van der Waals surface area (Å²) in [6.45, 7) is 16.9. The monoisotopic (exact) mass is 378 g/mol. The van der Waals surface area contributed by atoms with Crippen molar-refractivity contribution in [2.45, 2.75) is 87.1 Å². The third-order valence-electron chi connectivity index (χ3n) is 4.62. The van der Waals surface area contributed by atoms with Gasteiger partial charge in [-0.05, 0) is 70.4 Å². The first-order valence-electron chi connectivity index (χ1n) is 10.4. The molecule has 1 amide bonds. The number of pyridine rings is 1. The second-order valence-corrected chi connectivity index (χ2v) is 8.42. The Morgan fingerprint density at radius 3 is 2.22 bits per heavy atom. The van der Waals surface area contributed by atoms with Gasteiger partial charge in [0.15, 0.2) is 0 Å². The molecule has 0 aliphatic rings. The second-order valence-electron chi connectivity index (χ2n) is 8.42. The molecular formula is C23H42N2O2. The van der Waals surface area contributed by atoms with Crippen LogP contribution in [0.15, 0.2) is 12.3 Å². The van der Waals surface area contributed by atoms with Crippen LogP contribution in [0.1, 0.15) is 78.4 Å². The van der Waals surface area contributed by atoms with E-state index in [-0.39, 0.29) is 17.9 Å². The van der Waals surface area contributed by atoms with E-state index in [0.717, 1.165) is 24.3 Å². The van der Waals surface area contributed by atoms with Gasteiger partial charge in [0.2, 0.25) is 11.8 Å². The van der Waals surface area contributed by atoms with E-state index in [2.05, 4.69) is 38.0 Å². The first-order chi connectivity index (χ1) is 12.6. The normalized spacial score (nSPS) is 13.0. The average molecular weight is 379 g/mol. The summed E-state index contributed by atoms with van der Waals surface area (Å²) in [5.41, 5.74) is 2.25. The fraction of sp³-hybridized carbons (Fsp3) is 0.739. The van der Waals surface area contributed by atoms with Gasteiger partial charge in [-0.3, -0.25) is 4.79 Å². The van der Waals surface area contributed by atoms with E-state index >= 15 is 0 Å². The lowest BCUT2D eigenvalue weighted by Crippen LogP contribution is -2.36. The first-order valence-corrected chi connectivity index (χ1v) is 10.4. The van der Waals surface area contributed by atoms with Crippen molar-refractivity contribution in [2.75, 3.05) is 7.11 Å². The maximum absolute atomic E-state index is 12.1. The zero-order valence-electron chi connectivity index (χ0n) is 19.1. The molecule has 0 spiro atoms. The summed E-state index contributed by atoms with van der Waals surface area (Å²) in [6, 6.07) is 2.30. The summed E-state index contributed by atoms with van der Waals surface area (Å²) in [7, 11) is 1.63. The summed E-state index contributed by atoms with van der Waals surface area (Å²) in [4.78, 5) is 16.2. The molecule has 0 fully saturated rings. The molecule has 0 saturated carbocycles. The molecule has 0 aromatic carbocycles. The van der Waals surface area contributed by atoms with Gasteiger partial charge in [-0.25, -0.2) is 4.98 Å². The third-order valence-corrected chi connectivity index (χ3v) is 4.62. The van der Waals surface area contributed by atoms with Crippen LogP contribution in [0.3, 0.4) is 0 Å². The van der Waals surface area contributed by atoms with Gasteiger partial charge in [-0.2, -0.15) is 0 Å². The van der Waals surface area contributed by atoms with Crippen LogP contribution in [0.25, 0.3) is 0 Å². The maximum Gasteiger partial charge on any atom is 0.223 e. The van der Waals surface area contributed by atoms with E-state index in [1.54, 1.807) is 13.3 Å². The Bertz CT molecular complexity index is 541. The Balaban J connectivity index is 0.000000569. The number of methoxy groups -OCH3 is 1. The van der Waals surface area contributed by atoms with Crippen LogP contribution in [-0.2, 0) is 4.79 Å². The molecule has 4 nitrogen and oxygen atoms in total. The molecule has 0 bridgehead atoms. The van der Waals surface area contributed by atoms with Gasteiger partial charge in [0.05, 0.1) is 7.11 Å². The van der Waals surface area contributed by atoms with Gasteiger partial charge in [0.1, 0.15) is 0 Å². The Kier molecular flexibility index (Phi) is 12.8. The standard InChI is InChI=1S/C15H31NO.C8H11NO/c1-7-13(6)8-9-14(10-11(2)3)15(17)16-12(4)5;1-6-4-7(2)8(10-3)9-5-6/h11-14H,7-10H2,1-6H3,(H,16,17);4-5H,1-3H3. The highest BCUT2D eigenvalue weighted by molar-refractivity contribution is 5.78. The van der Waals surface area contributed by atoms with E-state index in [0.29, 0.717) is 11.8 Å². The Morgan fingerprint density at radius 1 is 1.15 bits per heavy atom. The molecule has 1 aromatic heterocycles. The highest BCUT2D eigenvalue weighted by atomic mass is 16.5. The molecule has 2 unspecified atom stereocenters. The minimum Gasteiger partial charge on any atom is -0.481 e. The number of nitrogens with one attached hydrogen (secondary N) is 1. The predicted molar refractivity (Wildman–Crippen MR) is 115 cm³/mol. The van der Waals surface area contributed by atoms with E-state index in [9.17, 15) is 4.79 Å². The van der Waals surface area contributed by atoms with Crippen molar-refractivity contribution in [1.82, 2.24) is 10.3 Å². The van der Waals surface area contributed by atoms with Crippen molar-refractivity contribution in [3.05, 3.63) is 23.4 Å². The lowest BCUT2D eigenvalue weighted by Gasteiger charge is -2.21. The lowest BCUT2D eigenvalue weighted by atomic mass is 9.88. The smallest absolute Gasteiger partial charge is 0.223 e. The number of aryl methyl sites for hydroxylation is 2. The molecule has 0 radical (unpaired) electrons. The van der Waals surface area contributed by atoms with Crippen LogP contribution in [0.2, 0.25) is 0 Å². The number of hydrogen-bond donors (Lipinski definition) is 1. The van der Waals surface area contributed by atoms with Gasteiger partial charge in [0, 0.05) is 23.7 Å². The van der Waals surface area contributed by atoms with Gasteiger partial charge in [-0.15, -0.1) is 0 Å². The van der Waals surface area contributed by atoms with Crippen LogP contribution in [0, 0.1) is 31.6 Å². The molecule has 4 heteroatoms. The van der Waals surface area contributed by atoms with Crippen LogP contribution < -0.4 is 10.1 Å². The summed E-state index contributed by atoms with van der Waals surface area (Å²) < 4.78 is 4.99. The first kappa shape index (κ1) is 25.4. The number of carbonyl (C=O) groups excluding carboxylic acids is 1. The number of nitrogens with zero attached hydrogens (tertiary/aromatic N) is 1. The number of amides is 1. The van der Waals surface area contributed by atoms with Crippen molar-refractivity contribution in [2.24, 2.45) is 17.8 Å². The molecule has 0 aliphatic carbocycles. The Labute approximate surface area is 167 Å². The predicted octanol–water partition coefficient (Wildman–Crippen LogP) is 5.71. The highest BCUT2D eigenvalue weighted by Gasteiger charge is 2.20. The summed E-state index contributed by atoms with van der Waals surface area (Å²) in [5.74, 6) is 2.49. The molecule has 1 rings (SSSR count). The number of carbonyl (C=O) groups is 1. The quantitative estimate of drug-likeness (QED) is 0.599. The van der Waals surface area contributed by atoms with Crippen LogP contribution in [0.5, 0.6) is 5.88 Å². The van der Waals surface area contributed by atoms with Crippen molar-refractivity contribution in [3.63, 3.8) is 0 Å². The summed E-state index contributed by atoms with van der Waals surface area (Å²) in [5, 5.41) is 3.05. The van der Waals surface area contributed by atoms with E-state index in [1.807, 2.05) is 33.8 Å². The van der Waals surface area contributed by atoms with E-state index in [1.165, 1.54) is 18.4 Å². The third kappa shape index (κ3) is 11.7. The maximum atomic E-state index is 12.1. The number of hydrogen-bond acceptors (Lipinski definition) is 3. The summed E-state index contributed by atoms with van der Waals surface area (Å²) in [6.07, 6.45) is 6.21. The van der Waals surface area contributed by atoms with Crippen molar-refractivity contribution >= 4 is 5.91 Å². The lowest BCUT2D eigenvalue weighted by molar-refractivity contribution is -0.126. The molecular weight excluding hydrogens is 336 g/mol. The molecule has 0 aliphatic heterocycles. The molecule has 156 valence electrons. The zero-order valence-corrected chi connectivity index (χ0v) is 19.1. The fourth-order valence-electron chi connectivity index (χ4n) is 2.93. The largest absolute Gasteiger partial charge is 0.481 e. The minimum atomic E-state index is 0.200. The number of rotatable bonds is 9.